The van der Waals surface area contributed by atoms with E-state index in [2.05, 4.69) is 17.0 Å². The number of hydrogen-bond donors (Lipinski definition) is 0. The van der Waals surface area contributed by atoms with E-state index in [1.165, 1.54) is 5.56 Å². The van der Waals surface area contributed by atoms with Crippen molar-refractivity contribution in [2.45, 2.75) is 19.5 Å². The van der Waals surface area contributed by atoms with Gasteiger partial charge >= 0.3 is 0 Å². The largest absolute Gasteiger partial charge is 0.497 e. The number of fused-ring (bicyclic) bond motifs is 1. The fourth-order valence-corrected chi connectivity index (χ4v) is 4.14. The summed E-state index contributed by atoms with van der Waals surface area (Å²) in [5.74, 6) is 2.62. The number of nitrogens with zero attached hydrogens (tertiary/aromatic N) is 5. The maximum Gasteiger partial charge on any atom is 0.254 e. The van der Waals surface area contributed by atoms with E-state index in [1.807, 2.05) is 49.1 Å². The van der Waals surface area contributed by atoms with Crippen LogP contribution in [0.3, 0.4) is 0 Å². The third kappa shape index (κ3) is 4.90. The quantitative estimate of drug-likeness (QED) is 0.534. The number of ether oxygens (including phenoxy) is 2. The smallest absolute Gasteiger partial charge is 0.254 e. The maximum absolute atomic E-state index is 13.4. The molecule has 0 saturated carbocycles. The first-order chi connectivity index (χ1) is 16.4. The number of anilines is 2. The van der Waals surface area contributed by atoms with Gasteiger partial charge in [-0.3, -0.25) is 4.79 Å². The van der Waals surface area contributed by atoms with Gasteiger partial charge in [-0.05, 0) is 17.7 Å². The van der Waals surface area contributed by atoms with Crippen molar-refractivity contribution in [2.75, 3.05) is 51.7 Å². The lowest BCUT2D eigenvalue weighted by atomic mass is 10.0. The molecule has 178 valence electrons. The molecular weight excluding hydrogens is 430 g/mol. The number of benzene rings is 2. The molecule has 34 heavy (non-hydrogen) atoms. The van der Waals surface area contributed by atoms with Crippen LogP contribution >= 0.6 is 0 Å². The summed E-state index contributed by atoms with van der Waals surface area (Å²) in [5.41, 5.74) is 3.70. The van der Waals surface area contributed by atoms with Crippen molar-refractivity contribution < 1.29 is 14.3 Å². The Kier molecular flexibility index (Phi) is 6.86. The summed E-state index contributed by atoms with van der Waals surface area (Å²) in [6.07, 6.45) is 0.664. The molecule has 2 aromatic carbocycles. The number of methoxy groups -OCH3 is 2. The van der Waals surface area contributed by atoms with E-state index in [9.17, 15) is 4.79 Å². The Morgan fingerprint density at radius 3 is 2.29 bits per heavy atom. The van der Waals surface area contributed by atoms with Crippen LogP contribution in [0.5, 0.6) is 11.5 Å². The molecule has 0 N–H and O–H groups in total. The van der Waals surface area contributed by atoms with Crippen LogP contribution in [0.25, 0.3) is 0 Å². The molecular formula is C26H31N5O3. The van der Waals surface area contributed by atoms with Gasteiger partial charge in [0.1, 0.15) is 17.3 Å². The van der Waals surface area contributed by atoms with Crippen LogP contribution in [-0.4, -0.2) is 62.7 Å². The highest BCUT2D eigenvalue weighted by molar-refractivity contribution is 5.95. The van der Waals surface area contributed by atoms with Crippen LogP contribution in [0.4, 0.5) is 11.8 Å². The fraction of sp³-hybridized carbons (Fsp3) is 0.346. The first-order valence-corrected chi connectivity index (χ1v) is 11.2. The molecule has 3 aromatic rings. The maximum atomic E-state index is 13.4. The molecule has 0 saturated heterocycles. The molecule has 1 amide bonds. The van der Waals surface area contributed by atoms with Crippen LogP contribution < -0.4 is 19.3 Å². The second-order valence-electron chi connectivity index (χ2n) is 8.59. The van der Waals surface area contributed by atoms with Gasteiger partial charge < -0.3 is 24.2 Å². The van der Waals surface area contributed by atoms with Gasteiger partial charge in [0.25, 0.3) is 5.91 Å². The van der Waals surface area contributed by atoms with E-state index in [4.69, 9.17) is 19.4 Å². The molecule has 2 heterocycles. The number of aromatic nitrogens is 2. The fourth-order valence-electron chi connectivity index (χ4n) is 4.14. The minimum Gasteiger partial charge on any atom is -0.497 e. The molecule has 0 radical (unpaired) electrons. The van der Waals surface area contributed by atoms with Crippen molar-refractivity contribution in [3.8, 4) is 11.5 Å². The minimum absolute atomic E-state index is 0.0715. The molecule has 1 aliphatic rings. The van der Waals surface area contributed by atoms with E-state index in [0.29, 0.717) is 42.5 Å². The highest BCUT2D eigenvalue weighted by Gasteiger charge is 2.28. The summed E-state index contributed by atoms with van der Waals surface area (Å²) in [5, 5.41) is 0. The molecule has 1 aromatic heterocycles. The Labute approximate surface area is 200 Å². The second-order valence-corrected chi connectivity index (χ2v) is 8.59. The van der Waals surface area contributed by atoms with Gasteiger partial charge in [0.05, 0.1) is 26.5 Å². The number of carbonyl (C=O) groups is 1. The predicted octanol–water partition coefficient (Wildman–Crippen LogP) is 3.39. The van der Waals surface area contributed by atoms with E-state index >= 15 is 0 Å². The molecule has 4 rings (SSSR count). The SMILES string of the molecule is COc1cc(OC)cc(C(=O)N2CCc3nc(N(C)Cc4ccccc4)nc(N(C)C)c3C2)c1. The normalized spacial score (nSPS) is 12.7. The topological polar surface area (TPSA) is 71.0 Å². The van der Waals surface area contributed by atoms with Crippen molar-refractivity contribution in [3.05, 3.63) is 70.9 Å². The average molecular weight is 462 g/mol. The van der Waals surface area contributed by atoms with Gasteiger partial charge in [-0.1, -0.05) is 30.3 Å². The molecule has 0 spiro atoms. The van der Waals surface area contributed by atoms with Gasteiger partial charge in [0.2, 0.25) is 5.95 Å². The monoisotopic (exact) mass is 461 g/mol. The molecule has 1 aliphatic heterocycles. The third-order valence-electron chi connectivity index (χ3n) is 5.94. The summed E-state index contributed by atoms with van der Waals surface area (Å²) < 4.78 is 10.7. The van der Waals surface area contributed by atoms with E-state index in [-0.39, 0.29) is 5.91 Å². The molecule has 0 fully saturated rings. The van der Waals surface area contributed by atoms with Crippen LogP contribution in [0, 0.1) is 0 Å². The van der Waals surface area contributed by atoms with Crippen LogP contribution in [-0.2, 0) is 19.5 Å². The van der Waals surface area contributed by atoms with Crippen molar-refractivity contribution in [2.24, 2.45) is 0 Å². The second kappa shape index (κ2) is 9.99. The summed E-state index contributed by atoms with van der Waals surface area (Å²) >= 11 is 0. The first kappa shape index (κ1) is 23.4. The predicted molar refractivity (Wildman–Crippen MR) is 133 cm³/mol. The highest BCUT2D eigenvalue weighted by atomic mass is 16.5. The van der Waals surface area contributed by atoms with Crippen molar-refractivity contribution in [1.29, 1.82) is 0 Å². The summed E-state index contributed by atoms with van der Waals surface area (Å²) in [6.45, 7) is 1.75. The summed E-state index contributed by atoms with van der Waals surface area (Å²) in [7, 11) is 9.10. The molecule has 8 nitrogen and oxygen atoms in total. The minimum atomic E-state index is -0.0715. The molecule has 0 aliphatic carbocycles. The average Bonchev–Trinajstić information content (AvgIpc) is 2.87. The Morgan fingerprint density at radius 2 is 1.68 bits per heavy atom. The third-order valence-corrected chi connectivity index (χ3v) is 5.94. The lowest BCUT2D eigenvalue weighted by molar-refractivity contribution is 0.0733. The first-order valence-electron chi connectivity index (χ1n) is 11.2. The van der Waals surface area contributed by atoms with Gasteiger partial charge in [-0.25, -0.2) is 4.98 Å². The Bertz CT molecular complexity index is 1140. The molecule has 0 atom stereocenters. The number of hydrogen-bond acceptors (Lipinski definition) is 7. The van der Waals surface area contributed by atoms with E-state index in [0.717, 1.165) is 23.6 Å². The molecule has 8 heteroatoms. The van der Waals surface area contributed by atoms with Crippen molar-refractivity contribution in [1.82, 2.24) is 14.9 Å². The standard InChI is InChI=1S/C26H31N5O3/c1-29(2)24-22-17-31(25(32)19-13-20(33-4)15-21(14-19)34-5)12-11-23(22)27-26(28-24)30(3)16-18-9-7-6-8-10-18/h6-10,13-15H,11-12,16-17H2,1-5H3. The number of carbonyl (C=O) groups excluding carboxylic acids is 1. The summed E-state index contributed by atoms with van der Waals surface area (Å²) in [6, 6.07) is 15.5. The van der Waals surface area contributed by atoms with E-state index in [1.54, 1.807) is 32.4 Å². The Balaban J connectivity index is 1.61. The zero-order valence-corrected chi connectivity index (χ0v) is 20.4. The van der Waals surface area contributed by atoms with Crippen LogP contribution in [0.1, 0.15) is 27.2 Å². The molecule has 0 unspecified atom stereocenters. The zero-order valence-electron chi connectivity index (χ0n) is 20.4. The molecule has 0 bridgehead atoms. The number of rotatable bonds is 7. The lowest BCUT2D eigenvalue weighted by Gasteiger charge is -2.32. The number of amides is 1. The van der Waals surface area contributed by atoms with Gasteiger partial charge in [-0.2, -0.15) is 4.98 Å². The Morgan fingerprint density at radius 1 is 1.00 bits per heavy atom. The summed E-state index contributed by atoms with van der Waals surface area (Å²) in [4.78, 5) is 29.0. The van der Waals surface area contributed by atoms with Gasteiger partial charge in [-0.15, -0.1) is 0 Å². The highest BCUT2D eigenvalue weighted by Crippen LogP contribution is 2.30. The van der Waals surface area contributed by atoms with E-state index < -0.39 is 0 Å². The van der Waals surface area contributed by atoms with Gasteiger partial charge in [0.15, 0.2) is 0 Å². The van der Waals surface area contributed by atoms with Crippen LogP contribution in [0.15, 0.2) is 48.5 Å². The van der Waals surface area contributed by atoms with Crippen molar-refractivity contribution in [3.63, 3.8) is 0 Å². The van der Waals surface area contributed by atoms with Crippen LogP contribution in [0.2, 0.25) is 0 Å². The van der Waals surface area contributed by atoms with Gasteiger partial charge in [0, 0.05) is 57.8 Å². The lowest BCUT2D eigenvalue weighted by Crippen LogP contribution is -2.38. The Hall–Kier alpha value is -3.81. The van der Waals surface area contributed by atoms with Crippen molar-refractivity contribution >= 4 is 17.7 Å². The zero-order chi connectivity index (χ0) is 24.2.